The van der Waals surface area contributed by atoms with E-state index in [0.29, 0.717) is 0 Å². The van der Waals surface area contributed by atoms with Crippen LogP contribution >= 0.6 is 22.9 Å². The molecule has 1 N–H and O–H groups in total. The summed E-state index contributed by atoms with van der Waals surface area (Å²) in [6.45, 7) is 5.99. The highest BCUT2D eigenvalue weighted by Gasteiger charge is 2.41. The van der Waals surface area contributed by atoms with Gasteiger partial charge in [-0.25, -0.2) is 0 Å². The van der Waals surface area contributed by atoms with Crippen molar-refractivity contribution in [3.05, 3.63) is 21.3 Å². The largest absolute Gasteiger partial charge is 0.373 e. The molecule has 0 aliphatic heterocycles. The third kappa shape index (κ3) is 3.52. The number of rotatable bonds is 6. The lowest BCUT2D eigenvalue weighted by atomic mass is 9.78. The first kappa shape index (κ1) is 15.3. The van der Waals surface area contributed by atoms with Gasteiger partial charge in [0.15, 0.2) is 0 Å². The number of ether oxygens (including phenoxy) is 1. The van der Waals surface area contributed by atoms with E-state index in [0.717, 1.165) is 30.3 Å². The van der Waals surface area contributed by atoms with Crippen LogP contribution in [0, 0.1) is 0 Å². The minimum Gasteiger partial charge on any atom is -0.373 e. The second-order valence-electron chi connectivity index (χ2n) is 5.19. The van der Waals surface area contributed by atoms with Gasteiger partial charge in [0, 0.05) is 11.5 Å². The van der Waals surface area contributed by atoms with E-state index in [1.807, 2.05) is 6.07 Å². The maximum Gasteiger partial charge on any atom is 0.0931 e. The maximum atomic E-state index is 6.25. The van der Waals surface area contributed by atoms with Gasteiger partial charge in [0.1, 0.15) is 0 Å². The zero-order valence-electron chi connectivity index (χ0n) is 11.9. The number of nitrogens with one attached hydrogen (secondary N) is 1. The standard InChI is InChI=1S/C15H24ClNOS/c1-3-17-14(12-8-9-13(16)19-12)15(18-4-2)10-6-5-7-11-15/h8-9,14,17H,3-7,10-11H2,1-2H3. The van der Waals surface area contributed by atoms with E-state index in [1.54, 1.807) is 11.3 Å². The van der Waals surface area contributed by atoms with Gasteiger partial charge in [-0.05, 0) is 38.4 Å². The molecule has 1 fully saturated rings. The van der Waals surface area contributed by atoms with Gasteiger partial charge >= 0.3 is 0 Å². The van der Waals surface area contributed by atoms with Crippen LogP contribution in [0.1, 0.15) is 56.9 Å². The van der Waals surface area contributed by atoms with Gasteiger partial charge in [-0.3, -0.25) is 0 Å². The molecule has 19 heavy (non-hydrogen) atoms. The van der Waals surface area contributed by atoms with E-state index in [9.17, 15) is 0 Å². The monoisotopic (exact) mass is 301 g/mol. The SMILES string of the molecule is CCNC(c1ccc(Cl)s1)C1(OCC)CCCCC1. The molecule has 1 aliphatic rings. The molecular formula is C15H24ClNOS. The summed E-state index contributed by atoms with van der Waals surface area (Å²) in [7, 11) is 0. The van der Waals surface area contributed by atoms with Gasteiger partial charge in [-0.15, -0.1) is 11.3 Å². The molecule has 0 saturated heterocycles. The number of hydrogen-bond donors (Lipinski definition) is 1. The predicted octanol–water partition coefficient (Wildman–Crippen LogP) is 4.79. The molecule has 0 spiro atoms. The first-order valence-corrected chi connectivity index (χ1v) is 8.54. The lowest BCUT2D eigenvalue weighted by Crippen LogP contribution is -2.47. The first-order chi connectivity index (χ1) is 9.22. The molecule has 1 atom stereocenters. The van der Waals surface area contributed by atoms with E-state index in [4.69, 9.17) is 16.3 Å². The Morgan fingerprint density at radius 3 is 2.58 bits per heavy atom. The van der Waals surface area contributed by atoms with Gasteiger partial charge < -0.3 is 10.1 Å². The highest BCUT2D eigenvalue weighted by atomic mass is 35.5. The Bertz CT molecular complexity index is 382. The topological polar surface area (TPSA) is 21.3 Å². The van der Waals surface area contributed by atoms with E-state index in [-0.39, 0.29) is 11.6 Å². The van der Waals surface area contributed by atoms with Gasteiger partial charge in [0.25, 0.3) is 0 Å². The fourth-order valence-electron chi connectivity index (χ4n) is 3.19. The molecule has 2 rings (SSSR count). The van der Waals surface area contributed by atoms with Crippen LogP contribution in [-0.4, -0.2) is 18.8 Å². The minimum atomic E-state index is -0.0445. The molecule has 0 amide bonds. The van der Waals surface area contributed by atoms with Crippen molar-refractivity contribution >= 4 is 22.9 Å². The number of thiophene rings is 1. The number of likely N-dealkylation sites (N-methyl/N-ethyl adjacent to an activating group) is 1. The van der Waals surface area contributed by atoms with Gasteiger partial charge in [0.05, 0.1) is 16.0 Å². The van der Waals surface area contributed by atoms with Crippen molar-refractivity contribution in [3.8, 4) is 0 Å². The van der Waals surface area contributed by atoms with Gasteiger partial charge in [-0.2, -0.15) is 0 Å². The zero-order chi connectivity index (χ0) is 13.7. The quantitative estimate of drug-likeness (QED) is 0.815. The zero-order valence-corrected chi connectivity index (χ0v) is 13.4. The average Bonchev–Trinajstić information content (AvgIpc) is 2.83. The van der Waals surface area contributed by atoms with Crippen LogP contribution in [0.4, 0.5) is 0 Å². The van der Waals surface area contributed by atoms with Crippen LogP contribution < -0.4 is 5.32 Å². The van der Waals surface area contributed by atoms with Crippen LogP contribution in [0.25, 0.3) is 0 Å². The van der Waals surface area contributed by atoms with E-state index in [1.165, 1.54) is 24.1 Å². The smallest absolute Gasteiger partial charge is 0.0931 e. The second kappa shape index (κ2) is 7.07. The summed E-state index contributed by atoms with van der Waals surface area (Å²) in [6, 6.07) is 4.42. The third-order valence-electron chi connectivity index (χ3n) is 3.94. The third-order valence-corrected chi connectivity index (χ3v) is 5.24. The van der Waals surface area contributed by atoms with Crippen molar-refractivity contribution in [1.82, 2.24) is 5.32 Å². The van der Waals surface area contributed by atoms with Crippen LogP contribution in [0.15, 0.2) is 12.1 Å². The van der Waals surface area contributed by atoms with Crippen LogP contribution in [-0.2, 0) is 4.74 Å². The van der Waals surface area contributed by atoms with Crippen LogP contribution in [0.3, 0.4) is 0 Å². The lowest BCUT2D eigenvalue weighted by Gasteiger charge is -2.43. The summed E-state index contributed by atoms with van der Waals surface area (Å²) in [4.78, 5) is 1.31. The molecule has 0 radical (unpaired) electrons. The molecule has 1 heterocycles. The van der Waals surface area contributed by atoms with Crippen molar-refractivity contribution in [2.45, 2.75) is 57.6 Å². The average molecular weight is 302 g/mol. The van der Waals surface area contributed by atoms with E-state index in [2.05, 4.69) is 25.2 Å². The Labute approximate surface area is 125 Å². The molecule has 4 heteroatoms. The second-order valence-corrected chi connectivity index (χ2v) is 6.94. The predicted molar refractivity (Wildman–Crippen MR) is 83.2 cm³/mol. The van der Waals surface area contributed by atoms with Gasteiger partial charge in [-0.1, -0.05) is 37.8 Å². The molecule has 2 nitrogen and oxygen atoms in total. The highest BCUT2D eigenvalue weighted by molar-refractivity contribution is 7.16. The summed E-state index contributed by atoms with van der Waals surface area (Å²) in [5, 5.41) is 3.63. The normalized spacial score (nSPS) is 20.4. The first-order valence-electron chi connectivity index (χ1n) is 7.34. The minimum absolute atomic E-state index is 0.0445. The lowest BCUT2D eigenvalue weighted by molar-refractivity contribution is -0.0902. The Balaban J connectivity index is 2.27. The van der Waals surface area contributed by atoms with Crippen molar-refractivity contribution in [1.29, 1.82) is 0 Å². The Morgan fingerprint density at radius 2 is 2.05 bits per heavy atom. The Hall–Kier alpha value is -0.0900. The summed E-state index contributed by atoms with van der Waals surface area (Å²) in [6.07, 6.45) is 6.16. The van der Waals surface area contributed by atoms with E-state index >= 15 is 0 Å². The Kier molecular flexibility index (Phi) is 5.70. The summed E-state index contributed by atoms with van der Waals surface area (Å²) in [5.41, 5.74) is -0.0445. The van der Waals surface area contributed by atoms with Crippen LogP contribution in [0.2, 0.25) is 4.34 Å². The molecule has 1 saturated carbocycles. The molecular weight excluding hydrogens is 278 g/mol. The molecule has 1 aliphatic carbocycles. The summed E-state index contributed by atoms with van der Waals surface area (Å²) in [5.74, 6) is 0. The molecule has 108 valence electrons. The molecule has 0 aromatic carbocycles. The fourth-order valence-corrected chi connectivity index (χ4v) is 4.43. The summed E-state index contributed by atoms with van der Waals surface area (Å²) < 4.78 is 7.11. The number of halogens is 1. The van der Waals surface area contributed by atoms with E-state index < -0.39 is 0 Å². The van der Waals surface area contributed by atoms with Crippen molar-refractivity contribution < 1.29 is 4.74 Å². The molecule has 0 bridgehead atoms. The van der Waals surface area contributed by atoms with Gasteiger partial charge in [0.2, 0.25) is 0 Å². The highest BCUT2D eigenvalue weighted by Crippen LogP contribution is 2.43. The maximum absolute atomic E-state index is 6.25. The number of hydrogen-bond acceptors (Lipinski definition) is 3. The van der Waals surface area contributed by atoms with Crippen LogP contribution in [0.5, 0.6) is 0 Å². The Morgan fingerprint density at radius 1 is 1.32 bits per heavy atom. The molecule has 1 unspecified atom stereocenters. The molecule has 1 aromatic heterocycles. The van der Waals surface area contributed by atoms with Crippen molar-refractivity contribution in [3.63, 3.8) is 0 Å². The summed E-state index contributed by atoms with van der Waals surface area (Å²) >= 11 is 7.79. The van der Waals surface area contributed by atoms with Crippen molar-refractivity contribution in [2.24, 2.45) is 0 Å². The van der Waals surface area contributed by atoms with Crippen molar-refractivity contribution in [2.75, 3.05) is 13.2 Å². The fraction of sp³-hybridized carbons (Fsp3) is 0.733. The molecule has 1 aromatic rings.